The lowest BCUT2D eigenvalue weighted by atomic mass is 10.4. The lowest BCUT2D eigenvalue weighted by Gasteiger charge is -2.06. The topological polar surface area (TPSA) is 77.5 Å². The predicted octanol–water partition coefficient (Wildman–Crippen LogP) is -0.561. The van der Waals surface area contributed by atoms with Crippen LogP contribution in [0.3, 0.4) is 0 Å². The second-order valence-corrected chi connectivity index (χ2v) is 2.80. The van der Waals surface area contributed by atoms with Crippen LogP contribution in [0, 0.1) is 0 Å². The van der Waals surface area contributed by atoms with Crippen molar-refractivity contribution in [1.29, 1.82) is 0 Å². The molecule has 0 saturated heterocycles. The molecule has 5 nitrogen and oxygen atoms in total. The van der Waals surface area contributed by atoms with Crippen molar-refractivity contribution in [2.45, 2.75) is 6.54 Å². The van der Waals surface area contributed by atoms with Crippen molar-refractivity contribution >= 4 is 5.69 Å². The molecular weight excluding hydrogens is 184 g/mol. The van der Waals surface area contributed by atoms with Gasteiger partial charge in [0.2, 0.25) is 0 Å². The Bertz CT molecular complexity index is 335. The summed E-state index contributed by atoms with van der Waals surface area (Å²) in [5, 5.41) is 8.45. The van der Waals surface area contributed by atoms with E-state index in [0.29, 0.717) is 13.2 Å². The zero-order valence-electron chi connectivity index (χ0n) is 7.85. The van der Waals surface area contributed by atoms with Crippen molar-refractivity contribution in [3.05, 3.63) is 28.7 Å². The van der Waals surface area contributed by atoms with Crippen LogP contribution < -0.4 is 11.3 Å². The SMILES string of the molecule is Nc1cccn(CCOCCO)c1=O. The van der Waals surface area contributed by atoms with E-state index in [4.69, 9.17) is 15.6 Å². The van der Waals surface area contributed by atoms with Crippen LogP contribution in [0.5, 0.6) is 0 Å². The van der Waals surface area contributed by atoms with Crippen molar-refractivity contribution in [2.24, 2.45) is 0 Å². The van der Waals surface area contributed by atoms with Crippen LogP contribution in [-0.4, -0.2) is 29.5 Å². The van der Waals surface area contributed by atoms with E-state index in [2.05, 4.69) is 0 Å². The molecule has 5 heteroatoms. The molecule has 1 aromatic heterocycles. The van der Waals surface area contributed by atoms with Crippen LogP contribution in [0.15, 0.2) is 23.1 Å². The number of aromatic nitrogens is 1. The third kappa shape index (κ3) is 2.86. The average molecular weight is 198 g/mol. The van der Waals surface area contributed by atoms with Crippen molar-refractivity contribution < 1.29 is 9.84 Å². The highest BCUT2D eigenvalue weighted by Gasteiger charge is 1.98. The van der Waals surface area contributed by atoms with E-state index in [0.717, 1.165) is 0 Å². The van der Waals surface area contributed by atoms with Gasteiger partial charge in [-0.25, -0.2) is 0 Å². The highest BCUT2D eigenvalue weighted by atomic mass is 16.5. The van der Waals surface area contributed by atoms with Gasteiger partial charge in [-0.3, -0.25) is 4.79 Å². The normalized spacial score (nSPS) is 10.4. The number of nitrogens with zero attached hydrogens (tertiary/aromatic N) is 1. The summed E-state index contributed by atoms with van der Waals surface area (Å²) in [6.45, 7) is 1.12. The van der Waals surface area contributed by atoms with Gasteiger partial charge in [-0.1, -0.05) is 0 Å². The molecule has 3 N–H and O–H groups in total. The summed E-state index contributed by atoms with van der Waals surface area (Å²) < 4.78 is 6.51. The van der Waals surface area contributed by atoms with Crippen LogP contribution in [0.1, 0.15) is 0 Å². The molecule has 0 spiro atoms. The number of pyridine rings is 1. The third-order valence-corrected chi connectivity index (χ3v) is 1.76. The summed E-state index contributed by atoms with van der Waals surface area (Å²) in [5.41, 5.74) is 5.46. The van der Waals surface area contributed by atoms with Gasteiger partial charge in [-0.2, -0.15) is 0 Å². The smallest absolute Gasteiger partial charge is 0.273 e. The van der Waals surface area contributed by atoms with Crippen LogP contribution in [-0.2, 0) is 11.3 Å². The lowest BCUT2D eigenvalue weighted by Crippen LogP contribution is -2.24. The fourth-order valence-electron chi connectivity index (χ4n) is 1.06. The largest absolute Gasteiger partial charge is 0.394 e. The summed E-state index contributed by atoms with van der Waals surface area (Å²) in [6, 6.07) is 3.27. The molecule has 14 heavy (non-hydrogen) atoms. The van der Waals surface area contributed by atoms with Crippen LogP contribution in [0.2, 0.25) is 0 Å². The lowest BCUT2D eigenvalue weighted by molar-refractivity contribution is 0.0866. The zero-order valence-corrected chi connectivity index (χ0v) is 7.85. The Morgan fingerprint density at radius 1 is 1.50 bits per heavy atom. The third-order valence-electron chi connectivity index (χ3n) is 1.76. The minimum Gasteiger partial charge on any atom is -0.394 e. The Morgan fingerprint density at radius 2 is 2.29 bits per heavy atom. The number of rotatable bonds is 5. The minimum atomic E-state index is -0.208. The summed E-state index contributed by atoms with van der Waals surface area (Å²) >= 11 is 0. The minimum absolute atomic E-state index is 0.00811. The Labute approximate surface area is 81.7 Å². The van der Waals surface area contributed by atoms with Gasteiger partial charge in [0.25, 0.3) is 5.56 Å². The maximum Gasteiger partial charge on any atom is 0.273 e. The van der Waals surface area contributed by atoms with E-state index in [-0.39, 0.29) is 24.5 Å². The maximum atomic E-state index is 11.4. The standard InChI is InChI=1S/C9H14N2O3/c10-8-2-1-3-11(9(8)13)4-6-14-7-5-12/h1-3,12H,4-7,10H2. The number of nitrogen functional groups attached to an aromatic ring is 1. The fraction of sp³-hybridized carbons (Fsp3) is 0.444. The quantitative estimate of drug-likeness (QED) is 0.622. The van der Waals surface area contributed by atoms with Gasteiger partial charge < -0.3 is 20.1 Å². The molecule has 0 bridgehead atoms. The molecule has 78 valence electrons. The highest BCUT2D eigenvalue weighted by molar-refractivity contribution is 5.33. The van der Waals surface area contributed by atoms with Gasteiger partial charge in [0.1, 0.15) is 0 Å². The number of hydrogen-bond acceptors (Lipinski definition) is 4. The Kier molecular flexibility index (Phi) is 4.15. The van der Waals surface area contributed by atoms with Crippen LogP contribution in [0.4, 0.5) is 5.69 Å². The van der Waals surface area contributed by atoms with E-state index in [1.54, 1.807) is 18.3 Å². The molecule has 0 aliphatic heterocycles. The molecule has 1 heterocycles. The zero-order chi connectivity index (χ0) is 10.4. The summed E-state index contributed by atoms with van der Waals surface area (Å²) in [7, 11) is 0. The molecule has 0 saturated carbocycles. The molecule has 0 aromatic carbocycles. The van der Waals surface area contributed by atoms with Crippen molar-refractivity contribution in [1.82, 2.24) is 4.57 Å². The van der Waals surface area contributed by atoms with Crippen LogP contribution in [0.25, 0.3) is 0 Å². The Hall–Kier alpha value is -1.33. The number of ether oxygens (including phenoxy) is 1. The second kappa shape index (κ2) is 5.41. The van der Waals surface area contributed by atoms with Crippen molar-refractivity contribution in [3.8, 4) is 0 Å². The predicted molar refractivity (Wildman–Crippen MR) is 53.0 cm³/mol. The first-order valence-corrected chi connectivity index (χ1v) is 4.39. The first-order chi connectivity index (χ1) is 6.75. The van der Waals surface area contributed by atoms with Crippen LogP contribution >= 0.6 is 0 Å². The molecule has 0 unspecified atom stereocenters. The second-order valence-electron chi connectivity index (χ2n) is 2.80. The number of hydrogen-bond donors (Lipinski definition) is 2. The van der Waals surface area contributed by atoms with Gasteiger partial charge in [0, 0.05) is 12.7 Å². The van der Waals surface area contributed by atoms with E-state index in [9.17, 15) is 4.79 Å². The molecule has 0 atom stereocenters. The fourth-order valence-corrected chi connectivity index (χ4v) is 1.06. The summed E-state index contributed by atoms with van der Waals surface area (Å²) in [5.74, 6) is 0. The first kappa shape index (κ1) is 10.7. The molecule has 0 radical (unpaired) electrons. The molecule has 0 aliphatic rings. The van der Waals surface area contributed by atoms with Gasteiger partial charge in [-0.15, -0.1) is 0 Å². The number of anilines is 1. The van der Waals surface area contributed by atoms with E-state index in [1.165, 1.54) is 4.57 Å². The summed E-state index contributed by atoms with van der Waals surface area (Å²) in [4.78, 5) is 11.4. The molecule has 1 rings (SSSR count). The number of nitrogens with two attached hydrogens (primary N) is 1. The summed E-state index contributed by atoms with van der Waals surface area (Å²) in [6.07, 6.45) is 1.65. The van der Waals surface area contributed by atoms with Gasteiger partial charge in [0.15, 0.2) is 0 Å². The van der Waals surface area contributed by atoms with Crippen molar-refractivity contribution in [2.75, 3.05) is 25.6 Å². The molecule has 1 aromatic rings. The Morgan fingerprint density at radius 3 is 3.00 bits per heavy atom. The molecule has 0 fully saturated rings. The maximum absolute atomic E-state index is 11.4. The van der Waals surface area contributed by atoms with E-state index >= 15 is 0 Å². The van der Waals surface area contributed by atoms with Crippen molar-refractivity contribution in [3.63, 3.8) is 0 Å². The molecule has 0 amide bonds. The van der Waals surface area contributed by atoms with E-state index < -0.39 is 0 Å². The molecular formula is C9H14N2O3. The number of aliphatic hydroxyl groups is 1. The average Bonchev–Trinajstić information content (AvgIpc) is 2.19. The first-order valence-electron chi connectivity index (χ1n) is 4.39. The molecule has 0 aliphatic carbocycles. The van der Waals surface area contributed by atoms with E-state index in [1.807, 2.05) is 0 Å². The Balaban J connectivity index is 2.51. The van der Waals surface area contributed by atoms with Gasteiger partial charge >= 0.3 is 0 Å². The number of aliphatic hydroxyl groups excluding tert-OH is 1. The van der Waals surface area contributed by atoms with Gasteiger partial charge in [-0.05, 0) is 12.1 Å². The monoisotopic (exact) mass is 198 g/mol. The van der Waals surface area contributed by atoms with Gasteiger partial charge in [0.05, 0.1) is 25.5 Å². The highest BCUT2D eigenvalue weighted by Crippen LogP contribution is 1.91.